The van der Waals surface area contributed by atoms with Crippen LogP contribution in [0.2, 0.25) is 0 Å². The standard InChI is InChI=1S/C47H30O2/c1-3-15-33(16-4-1)47(34-17-5-2-6-18-34)39-23-11-12-24-41(39)48-44-30-32(26-28-40(44)47)35-19-9-10-21-37(35)38-22-13-25-42-46(38)45-36-20-8-7-14-31(36)27-29-43(45)49-42/h1-30H/i1D,2D,3D,4D,5D,6D,9D,10D,11D,12D,15D,16D,17D,18D,19D,21D,23D,24D,26D,28D,30D. The van der Waals surface area contributed by atoms with Crippen molar-refractivity contribution >= 4 is 32.7 Å². The van der Waals surface area contributed by atoms with Gasteiger partial charge in [0, 0.05) is 21.9 Å². The number of hydrogen-bond acceptors (Lipinski definition) is 2. The number of benzene rings is 8. The minimum absolute atomic E-state index is 0.144. The molecule has 0 N–H and O–H groups in total. The zero-order chi connectivity index (χ0) is 50.6. The Labute approximate surface area is 314 Å². The van der Waals surface area contributed by atoms with Gasteiger partial charge in [-0.1, -0.05) is 157 Å². The summed E-state index contributed by atoms with van der Waals surface area (Å²) in [5.74, 6) is -1.84. The van der Waals surface area contributed by atoms with E-state index in [1.54, 1.807) is 30.3 Å². The fraction of sp³-hybridized carbons (Fsp3) is 0.0213. The summed E-state index contributed by atoms with van der Waals surface area (Å²) in [4.78, 5) is 0. The van der Waals surface area contributed by atoms with E-state index < -0.39 is 177 Å². The maximum Gasteiger partial charge on any atom is 0.136 e. The molecular weight excluding hydrogens is 597 g/mol. The van der Waals surface area contributed by atoms with Crippen molar-refractivity contribution in [3.8, 4) is 33.8 Å². The van der Waals surface area contributed by atoms with Crippen LogP contribution in [0, 0.1) is 0 Å². The van der Waals surface area contributed by atoms with E-state index in [2.05, 4.69) is 0 Å². The molecule has 0 aliphatic carbocycles. The second kappa shape index (κ2) is 10.8. The van der Waals surface area contributed by atoms with Gasteiger partial charge in [0.05, 0.1) is 34.2 Å². The van der Waals surface area contributed by atoms with Gasteiger partial charge in [0.1, 0.15) is 22.7 Å². The van der Waals surface area contributed by atoms with Crippen LogP contribution in [0.4, 0.5) is 0 Å². The number of fused-ring (bicyclic) bond motifs is 7. The molecule has 0 spiro atoms. The highest BCUT2D eigenvalue weighted by atomic mass is 16.5. The van der Waals surface area contributed by atoms with Gasteiger partial charge in [-0.25, -0.2) is 0 Å². The van der Waals surface area contributed by atoms with Crippen LogP contribution >= 0.6 is 0 Å². The van der Waals surface area contributed by atoms with E-state index in [9.17, 15) is 13.7 Å². The van der Waals surface area contributed by atoms with Crippen LogP contribution in [-0.4, -0.2) is 0 Å². The third kappa shape index (κ3) is 4.07. The maximum absolute atomic E-state index is 10.0. The van der Waals surface area contributed by atoms with Crippen molar-refractivity contribution in [2.75, 3.05) is 0 Å². The molecule has 8 aromatic carbocycles. The molecular formula is C47H30O2. The summed E-state index contributed by atoms with van der Waals surface area (Å²) in [5, 5.41) is 2.45. The average molecular weight is 648 g/mol. The molecule has 49 heavy (non-hydrogen) atoms. The minimum Gasteiger partial charge on any atom is -0.457 e. The Morgan fingerprint density at radius 3 is 1.96 bits per heavy atom. The summed E-state index contributed by atoms with van der Waals surface area (Å²) >= 11 is 0. The molecule has 0 unspecified atom stereocenters. The van der Waals surface area contributed by atoms with E-state index in [4.69, 9.17) is 24.2 Å². The Balaban J connectivity index is 1.46. The van der Waals surface area contributed by atoms with Crippen molar-refractivity contribution in [3.63, 3.8) is 0 Å². The third-order valence-corrected chi connectivity index (χ3v) is 8.73. The van der Waals surface area contributed by atoms with Crippen molar-refractivity contribution < 1.29 is 37.9 Å². The quantitative estimate of drug-likeness (QED) is 0.190. The zero-order valence-corrected chi connectivity index (χ0v) is 25.0. The molecule has 0 bridgehead atoms. The molecule has 230 valence electrons. The Bertz CT molecular complexity index is 3730. The highest BCUT2D eigenvalue weighted by Gasteiger charge is 2.45. The van der Waals surface area contributed by atoms with Crippen molar-refractivity contribution in [3.05, 3.63) is 204 Å². The second-order valence-electron chi connectivity index (χ2n) is 11.2. The van der Waals surface area contributed by atoms with Gasteiger partial charge in [-0.3, -0.25) is 0 Å². The van der Waals surface area contributed by atoms with Gasteiger partial charge < -0.3 is 9.15 Å². The highest BCUT2D eigenvalue weighted by molar-refractivity contribution is 6.23. The third-order valence-electron chi connectivity index (χ3n) is 8.73. The summed E-state index contributed by atoms with van der Waals surface area (Å²) in [6, 6.07) is -4.98. The molecule has 1 aromatic heterocycles. The van der Waals surface area contributed by atoms with Crippen LogP contribution in [0.25, 0.3) is 55.0 Å². The summed E-state index contributed by atoms with van der Waals surface area (Å²) in [6.45, 7) is 0. The normalized spacial score (nSPS) is 19.2. The monoisotopic (exact) mass is 647 g/mol. The predicted molar refractivity (Wildman–Crippen MR) is 200 cm³/mol. The first kappa shape index (κ1) is 14.0. The lowest BCUT2D eigenvalue weighted by molar-refractivity contribution is 0.435. The summed E-state index contributed by atoms with van der Waals surface area (Å²) in [6.07, 6.45) is 0. The second-order valence-corrected chi connectivity index (χ2v) is 11.2. The molecule has 0 atom stereocenters. The molecule has 2 heterocycles. The van der Waals surface area contributed by atoms with Crippen molar-refractivity contribution in [1.29, 1.82) is 0 Å². The predicted octanol–water partition coefficient (Wildman–Crippen LogP) is 12.6. The molecule has 1 aliphatic rings. The molecule has 0 fully saturated rings. The summed E-state index contributed by atoms with van der Waals surface area (Å²) < 4.78 is 205. The van der Waals surface area contributed by atoms with Crippen molar-refractivity contribution in [2.24, 2.45) is 0 Å². The van der Waals surface area contributed by atoms with Gasteiger partial charge in [-0.15, -0.1) is 0 Å². The van der Waals surface area contributed by atoms with Gasteiger partial charge in [-0.2, -0.15) is 0 Å². The largest absolute Gasteiger partial charge is 0.457 e. The van der Waals surface area contributed by atoms with Gasteiger partial charge in [-0.05, 0) is 68.4 Å². The Hall–Kier alpha value is -6.38. The highest BCUT2D eigenvalue weighted by Crippen LogP contribution is 2.56. The Morgan fingerprint density at radius 1 is 0.469 bits per heavy atom. The van der Waals surface area contributed by atoms with E-state index in [1.807, 2.05) is 24.3 Å². The number of ether oxygens (including phenoxy) is 1. The molecule has 1 aliphatic heterocycles. The van der Waals surface area contributed by atoms with Crippen LogP contribution in [0.1, 0.15) is 51.0 Å². The van der Waals surface area contributed by atoms with Crippen LogP contribution in [-0.2, 0) is 5.41 Å². The fourth-order valence-corrected chi connectivity index (χ4v) is 6.72. The topological polar surface area (TPSA) is 22.4 Å². The van der Waals surface area contributed by atoms with E-state index in [1.165, 1.54) is 0 Å². The lowest BCUT2D eigenvalue weighted by atomic mass is 9.63. The molecule has 0 saturated heterocycles. The van der Waals surface area contributed by atoms with Crippen LogP contribution < -0.4 is 4.74 Å². The Morgan fingerprint density at radius 2 is 1.14 bits per heavy atom. The average Bonchev–Trinajstić information content (AvgIpc) is 3.75. The van der Waals surface area contributed by atoms with Gasteiger partial charge in [0.25, 0.3) is 0 Å². The van der Waals surface area contributed by atoms with Crippen LogP contribution in [0.3, 0.4) is 0 Å². The number of hydrogen-bond donors (Lipinski definition) is 0. The summed E-state index contributed by atoms with van der Waals surface area (Å²) in [7, 11) is 0. The number of rotatable bonds is 4. The smallest absolute Gasteiger partial charge is 0.136 e. The first-order valence-corrected chi connectivity index (χ1v) is 15.0. The van der Waals surface area contributed by atoms with E-state index in [0.29, 0.717) is 27.3 Å². The fourth-order valence-electron chi connectivity index (χ4n) is 6.72. The van der Waals surface area contributed by atoms with E-state index >= 15 is 0 Å². The van der Waals surface area contributed by atoms with Gasteiger partial charge >= 0.3 is 0 Å². The van der Waals surface area contributed by atoms with Crippen molar-refractivity contribution in [1.82, 2.24) is 0 Å². The molecule has 9 aromatic rings. The maximum atomic E-state index is 10.0. The lowest BCUT2D eigenvalue weighted by Crippen LogP contribution is -2.34. The van der Waals surface area contributed by atoms with E-state index in [-0.39, 0.29) is 11.1 Å². The van der Waals surface area contributed by atoms with E-state index in [0.717, 1.165) is 5.39 Å². The molecule has 10 rings (SSSR count). The number of furan rings is 1. The van der Waals surface area contributed by atoms with Crippen molar-refractivity contribution in [2.45, 2.75) is 5.41 Å². The van der Waals surface area contributed by atoms with Crippen LogP contribution in [0.15, 0.2) is 186 Å². The summed E-state index contributed by atoms with van der Waals surface area (Å²) in [5.41, 5.74) is -7.58. The molecule has 0 saturated carbocycles. The number of para-hydroxylation sites is 1. The molecule has 0 amide bonds. The SMILES string of the molecule is [2H]c1c([2H])c([2H])c(C2(c3c([2H])c([2H])c([2H])c([2H])c3[2H])c3c([2H])c([2H])c([2H])c([2H])c3Oc3c([2H])c(-c4c([2H])c([2H])c([2H])c([2H])c4-c4cccc5oc6ccc7ccccc7c6c45)c([2H])c([2H])c32)c([2H])c1[2H]. The zero-order valence-electron chi connectivity index (χ0n) is 46.0. The van der Waals surface area contributed by atoms with Gasteiger partial charge in [0.2, 0.25) is 0 Å². The first-order valence-electron chi connectivity index (χ1n) is 25.5. The van der Waals surface area contributed by atoms with Gasteiger partial charge in [0.15, 0.2) is 0 Å². The first-order chi connectivity index (χ1) is 33.0. The Kier molecular flexibility index (Phi) is 3.09. The minimum atomic E-state index is -3.21. The molecule has 2 nitrogen and oxygen atoms in total. The molecule has 0 radical (unpaired) electrons. The lowest BCUT2D eigenvalue weighted by Gasteiger charge is -2.41. The molecule has 2 heteroatoms. The van der Waals surface area contributed by atoms with Crippen LogP contribution in [0.5, 0.6) is 11.5 Å².